The van der Waals surface area contributed by atoms with E-state index < -0.39 is 0 Å². The van der Waals surface area contributed by atoms with Crippen molar-refractivity contribution in [3.63, 3.8) is 0 Å². The summed E-state index contributed by atoms with van der Waals surface area (Å²) in [5.41, 5.74) is 0. The second-order valence-corrected chi connectivity index (χ2v) is 5.55. The Balaban J connectivity index is 2.36. The molecule has 2 heteroatoms. The second kappa shape index (κ2) is 7.29. The summed E-state index contributed by atoms with van der Waals surface area (Å²) in [6, 6.07) is 0.720. The Hall–Kier alpha value is -0.0800. The first-order valence-corrected chi connectivity index (χ1v) is 7.13. The van der Waals surface area contributed by atoms with Crippen molar-refractivity contribution >= 4 is 0 Å². The zero-order chi connectivity index (χ0) is 12.0. The molecule has 0 amide bonds. The molecule has 0 bridgehead atoms. The number of rotatable bonds is 6. The van der Waals surface area contributed by atoms with Crippen LogP contribution < -0.4 is 5.32 Å². The molecule has 1 aliphatic heterocycles. The predicted octanol–water partition coefficient (Wildman–Crippen LogP) is 2.74. The fourth-order valence-corrected chi connectivity index (χ4v) is 2.54. The molecule has 16 heavy (non-hydrogen) atoms. The van der Waals surface area contributed by atoms with Crippen LogP contribution in [0.4, 0.5) is 0 Å². The second-order valence-electron chi connectivity index (χ2n) is 5.55. The average molecular weight is 226 g/mol. The molecule has 3 unspecified atom stereocenters. The highest BCUT2D eigenvalue weighted by Crippen LogP contribution is 2.17. The van der Waals surface area contributed by atoms with Gasteiger partial charge in [0.25, 0.3) is 0 Å². The lowest BCUT2D eigenvalue weighted by atomic mass is 9.92. The first-order valence-electron chi connectivity index (χ1n) is 7.13. The van der Waals surface area contributed by atoms with Gasteiger partial charge in [-0.05, 0) is 37.8 Å². The molecular formula is C14H30N2. The molecule has 0 spiro atoms. The van der Waals surface area contributed by atoms with Crippen LogP contribution in [0.15, 0.2) is 0 Å². The van der Waals surface area contributed by atoms with Crippen LogP contribution >= 0.6 is 0 Å². The van der Waals surface area contributed by atoms with E-state index in [-0.39, 0.29) is 0 Å². The van der Waals surface area contributed by atoms with E-state index in [4.69, 9.17) is 0 Å². The Bertz CT molecular complexity index is 182. The van der Waals surface area contributed by atoms with Gasteiger partial charge in [-0.1, -0.05) is 34.1 Å². The van der Waals surface area contributed by atoms with Crippen molar-refractivity contribution in [3.05, 3.63) is 0 Å². The molecule has 1 fully saturated rings. The van der Waals surface area contributed by atoms with Crippen molar-refractivity contribution < 1.29 is 0 Å². The maximum absolute atomic E-state index is 3.68. The number of likely N-dealkylation sites (N-methyl/N-ethyl adjacent to an activating group) is 1. The minimum Gasteiger partial charge on any atom is -0.312 e. The largest absolute Gasteiger partial charge is 0.312 e. The summed E-state index contributed by atoms with van der Waals surface area (Å²) in [5, 5.41) is 3.68. The molecule has 1 rings (SSSR count). The van der Waals surface area contributed by atoms with E-state index in [0.717, 1.165) is 17.9 Å². The highest BCUT2D eigenvalue weighted by molar-refractivity contribution is 4.81. The Labute approximate surface area is 102 Å². The highest BCUT2D eigenvalue weighted by atomic mass is 15.1. The number of hydrogen-bond donors (Lipinski definition) is 1. The van der Waals surface area contributed by atoms with Gasteiger partial charge < -0.3 is 10.2 Å². The molecule has 0 saturated carbocycles. The van der Waals surface area contributed by atoms with Crippen LogP contribution in [-0.2, 0) is 0 Å². The number of piperidine rings is 1. The van der Waals surface area contributed by atoms with Crippen LogP contribution in [0.5, 0.6) is 0 Å². The molecule has 0 aromatic heterocycles. The van der Waals surface area contributed by atoms with E-state index in [2.05, 4.69) is 37.9 Å². The van der Waals surface area contributed by atoms with Gasteiger partial charge in [0.05, 0.1) is 0 Å². The van der Waals surface area contributed by atoms with Crippen molar-refractivity contribution in [1.82, 2.24) is 10.2 Å². The maximum Gasteiger partial charge on any atom is 0.0220 e. The third-order valence-electron chi connectivity index (χ3n) is 4.10. The average Bonchev–Trinajstić information content (AvgIpc) is 2.30. The van der Waals surface area contributed by atoms with Crippen molar-refractivity contribution in [1.29, 1.82) is 0 Å². The van der Waals surface area contributed by atoms with Crippen LogP contribution in [0.25, 0.3) is 0 Å². The van der Waals surface area contributed by atoms with Gasteiger partial charge in [-0.15, -0.1) is 0 Å². The van der Waals surface area contributed by atoms with E-state index in [0.29, 0.717) is 0 Å². The molecule has 3 atom stereocenters. The molecule has 0 aromatic rings. The summed E-state index contributed by atoms with van der Waals surface area (Å²) in [6.07, 6.45) is 4.05. The Morgan fingerprint density at radius 3 is 2.69 bits per heavy atom. The van der Waals surface area contributed by atoms with Gasteiger partial charge in [-0.2, -0.15) is 0 Å². The van der Waals surface area contributed by atoms with Crippen LogP contribution in [-0.4, -0.2) is 37.1 Å². The van der Waals surface area contributed by atoms with Gasteiger partial charge in [0.1, 0.15) is 0 Å². The normalized spacial score (nSPS) is 28.3. The van der Waals surface area contributed by atoms with Gasteiger partial charge in [-0.3, -0.25) is 0 Å². The first-order chi connectivity index (χ1) is 7.67. The van der Waals surface area contributed by atoms with Crippen LogP contribution in [0, 0.1) is 11.8 Å². The van der Waals surface area contributed by atoms with Gasteiger partial charge in [0.15, 0.2) is 0 Å². The maximum atomic E-state index is 3.68. The smallest absolute Gasteiger partial charge is 0.0220 e. The summed E-state index contributed by atoms with van der Waals surface area (Å²) in [5.74, 6) is 1.68. The van der Waals surface area contributed by atoms with Gasteiger partial charge in [-0.25, -0.2) is 0 Å². The van der Waals surface area contributed by atoms with Gasteiger partial charge in [0.2, 0.25) is 0 Å². The van der Waals surface area contributed by atoms with E-state index in [1.165, 1.54) is 45.4 Å². The first kappa shape index (κ1) is 14.0. The minimum atomic E-state index is 0.720. The molecule has 0 radical (unpaired) electrons. The predicted molar refractivity (Wildman–Crippen MR) is 71.8 cm³/mol. The third-order valence-corrected chi connectivity index (χ3v) is 4.10. The molecule has 96 valence electrons. The van der Waals surface area contributed by atoms with Gasteiger partial charge >= 0.3 is 0 Å². The van der Waals surface area contributed by atoms with Crippen LogP contribution in [0.3, 0.4) is 0 Å². The summed E-state index contributed by atoms with van der Waals surface area (Å²) in [7, 11) is 0. The minimum absolute atomic E-state index is 0.720. The van der Waals surface area contributed by atoms with E-state index in [1.54, 1.807) is 0 Å². The standard InChI is InChI=1S/C14H30N2/c1-5-12(3)10-16(6-2)11-14-13(4)8-7-9-15-14/h12-15H,5-11H2,1-4H3. The van der Waals surface area contributed by atoms with E-state index in [9.17, 15) is 0 Å². The van der Waals surface area contributed by atoms with Crippen molar-refractivity contribution in [3.8, 4) is 0 Å². The lowest BCUT2D eigenvalue weighted by molar-refractivity contribution is 0.178. The quantitative estimate of drug-likeness (QED) is 0.749. The van der Waals surface area contributed by atoms with Crippen molar-refractivity contribution in [2.45, 2.75) is 53.0 Å². The molecule has 1 heterocycles. The third kappa shape index (κ3) is 4.42. The molecule has 0 aliphatic carbocycles. The fraction of sp³-hybridized carbons (Fsp3) is 1.00. The lowest BCUT2D eigenvalue weighted by Gasteiger charge is -2.35. The van der Waals surface area contributed by atoms with E-state index >= 15 is 0 Å². The Morgan fingerprint density at radius 1 is 1.38 bits per heavy atom. The molecule has 1 saturated heterocycles. The lowest BCUT2D eigenvalue weighted by Crippen LogP contribution is -2.48. The number of nitrogens with zero attached hydrogens (tertiary/aromatic N) is 1. The Kier molecular flexibility index (Phi) is 6.37. The summed E-state index contributed by atoms with van der Waals surface area (Å²) >= 11 is 0. The topological polar surface area (TPSA) is 15.3 Å². The van der Waals surface area contributed by atoms with E-state index in [1.807, 2.05) is 0 Å². The van der Waals surface area contributed by atoms with Crippen molar-refractivity contribution in [2.24, 2.45) is 11.8 Å². The molecular weight excluding hydrogens is 196 g/mol. The summed E-state index contributed by atoms with van der Waals surface area (Å²) in [6.45, 7) is 14.2. The Morgan fingerprint density at radius 2 is 2.12 bits per heavy atom. The molecule has 2 nitrogen and oxygen atoms in total. The molecule has 1 N–H and O–H groups in total. The SMILES string of the molecule is CCC(C)CN(CC)CC1NCCCC1C. The van der Waals surface area contributed by atoms with Crippen molar-refractivity contribution in [2.75, 3.05) is 26.2 Å². The number of nitrogens with one attached hydrogen (secondary N) is 1. The van der Waals surface area contributed by atoms with Crippen LogP contribution in [0.1, 0.15) is 47.0 Å². The zero-order valence-corrected chi connectivity index (χ0v) is 11.6. The highest BCUT2D eigenvalue weighted by Gasteiger charge is 2.22. The van der Waals surface area contributed by atoms with Crippen LogP contribution in [0.2, 0.25) is 0 Å². The zero-order valence-electron chi connectivity index (χ0n) is 11.6. The molecule has 1 aliphatic rings. The molecule has 0 aromatic carbocycles. The summed E-state index contributed by atoms with van der Waals surface area (Å²) in [4.78, 5) is 2.62. The van der Waals surface area contributed by atoms with Gasteiger partial charge in [0, 0.05) is 19.1 Å². The monoisotopic (exact) mass is 226 g/mol. The number of hydrogen-bond acceptors (Lipinski definition) is 2. The summed E-state index contributed by atoms with van der Waals surface area (Å²) < 4.78 is 0. The fourth-order valence-electron chi connectivity index (χ4n) is 2.54.